The number of aliphatic carboxylic acids is 1. The number of aromatic nitrogens is 1. The van der Waals surface area contributed by atoms with E-state index in [-0.39, 0.29) is 5.91 Å². The van der Waals surface area contributed by atoms with Crippen molar-refractivity contribution in [3.8, 4) is 0 Å². The SMILES string of the molecule is O=C(CCc1ccsc1)Nc1cccnc1.O=C(O)C(F)(F)F. The fourth-order valence-corrected chi connectivity index (χ4v) is 2.06. The number of rotatable bonds is 4. The highest BCUT2D eigenvalue weighted by atomic mass is 32.1. The Morgan fingerprint density at radius 3 is 2.48 bits per heavy atom. The zero-order valence-electron chi connectivity index (χ0n) is 11.7. The number of carboxylic acid groups (broad SMARTS) is 1. The number of hydrogen-bond acceptors (Lipinski definition) is 4. The van der Waals surface area contributed by atoms with E-state index in [0.717, 1.165) is 12.1 Å². The van der Waals surface area contributed by atoms with Crippen LogP contribution < -0.4 is 5.32 Å². The summed E-state index contributed by atoms with van der Waals surface area (Å²) in [5.74, 6) is -2.73. The molecule has 0 saturated carbocycles. The zero-order chi connectivity index (χ0) is 17.3. The predicted molar refractivity (Wildman–Crippen MR) is 79.2 cm³/mol. The largest absolute Gasteiger partial charge is 0.490 e. The van der Waals surface area contributed by atoms with Crippen molar-refractivity contribution in [1.82, 2.24) is 4.98 Å². The minimum atomic E-state index is -5.08. The van der Waals surface area contributed by atoms with Gasteiger partial charge in [0.05, 0.1) is 11.9 Å². The Bertz CT molecular complexity index is 616. The van der Waals surface area contributed by atoms with Gasteiger partial charge >= 0.3 is 12.1 Å². The summed E-state index contributed by atoms with van der Waals surface area (Å²) in [6, 6.07) is 5.67. The summed E-state index contributed by atoms with van der Waals surface area (Å²) in [5, 5.41) is 14.0. The lowest BCUT2D eigenvalue weighted by molar-refractivity contribution is -0.192. The molecule has 0 atom stereocenters. The lowest BCUT2D eigenvalue weighted by Crippen LogP contribution is -2.21. The Morgan fingerprint density at radius 2 is 2.00 bits per heavy atom. The van der Waals surface area contributed by atoms with Crippen molar-refractivity contribution in [1.29, 1.82) is 0 Å². The molecular weight excluding hydrogens is 333 g/mol. The maximum Gasteiger partial charge on any atom is 0.490 e. The Kier molecular flexibility index (Phi) is 7.20. The van der Waals surface area contributed by atoms with Crippen LogP contribution in [0.15, 0.2) is 41.4 Å². The van der Waals surface area contributed by atoms with Crippen LogP contribution in [0, 0.1) is 0 Å². The quantitative estimate of drug-likeness (QED) is 0.890. The Balaban J connectivity index is 0.000000322. The maximum atomic E-state index is 11.6. The van der Waals surface area contributed by atoms with Gasteiger partial charge in [-0.3, -0.25) is 9.78 Å². The third-order valence-corrected chi connectivity index (χ3v) is 3.14. The number of pyridine rings is 1. The summed E-state index contributed by atoms with van der Waals surface area (Å²) in [5.41, 5.74) is 1.96. The minimum absolute atomic E-state index is 0.0270. The Hall–Kier alpha value is -2.42. The first kappa shape index (κ1) is 18.6. The van der Waals surface area contributed by atoms with E-state index in [1.807, 2.05) is 17.5 Å². The molecule has 0 aromatic carbocycles. The summed E-state index contributed by atoms with van der Waals surface area (Å²) < 4.78 is 31.7. The Labute approximate surface area is 133 Å². The summed E-state index contributed by atoms with van der Waals surface area (Å²) in [4.78, 5) is 24.4. The van der Waals surface area contributed by atoms with Crippen LogP contribution in [-0.4, -0.2) is 28.1 Å². The third-order valence-electron chi connectivity index (χ3n) is 2.41. The van der Waals surface area contributed by atoms with Gasteiger partial charge in [-0.2, -0.15) is 24.5 Å². The van der Waals surface area contributed by atoms with Gasteiger partial charge in [0.1, 0.15) is 0 Å². The van der Waals surface area contributed by atoms with Crippen molar-refractivity contribution in [2.45, 2.75) is 19.0 Å². The second-order valence-corrected chi connectivity index (χ2v) is 5.00. The molecule has 2 rings (SSSR count). The molecule has 2 aromatic heterocycles. The van der Waals surface area contributed by atoms with Crippen LogP contribution in [0.25, 0.3) is 0 Å². The number of carboxylic acids is 1. The summed E-state index contributed by atoms with van der Waals surface area (Å²) in [7, 11) is 0. The highest BCUT2D eigenvalue weighted by Crippen LogP contribution is 2.13. The molecule has 0 radical (unpaired) electrons. The van der Waals surface area contributed by atoms with Gasteiger partial charge in [0, 0.05) is 12.6 Å². The molecule has 124 valence electrons. The molecule has 5 nitrogen and oxygen atoms in total. The molecule has 23 heavy (non-hydrogen) atoms. The van der Waals surface area contributed by atoms with Crippen LogP contribution in [0.5, 0.6) is 0 Å². The van der Waals surface area contributed by atoms with Crippen LogP contribution in [0.2, 0.25) is 0 Å². The highest BCUT2D eigenvalue weighted by Gasteiger charge is 2.38. The van der Waals surface area contributed by atoms with E-state index in [1.165, 1.54) is 5.56 Å². The molecule has 0 aliphatic rings. The number of halogens is 3. The van der Waals surface area contributed by atoms with Crippen molar-refractivity contribution in [3.63, 3.8) is 0 Å². The molecule has 0 spiro atoms. The average molecular weight is 346 g/mol. The van der Waals surface area contributed by atoms with E-state index in [2.05, 4.69) is 15.7 Å². The van der Waals surface area contributed by atoms with Gasteiger partial charge in [0.25, 0.3) is 0 Å². The van der Waals surface area contributed by atoms with Gasteiger partial charge in [-0.05, 0) is 40.9 Å². The summed E-state index contributed by atoms with van der Waals surface area (Å²) in [6.45, 7) is 0. The number of amides is 1. The number of alkyl halides is 3. The van der Waals surface area contributed by atoms with Gasteiger partial charge in [-0.1, -0.05) is 0 Å². The van der Waals surface area contributed by atoms with Gasteiger partial charge in [0.2, 0.25) is 5.91 Å². The molecule has 0 fully saturated rings. The standard InChI is InChI=1S/C12H12N2OS.C2HF3O2/c15-12(4-3-10-5-7-16-9-10)14-11-2-1-6-13-8-11;3-2(4,5)1(6)7/h1-2,5-9H,3-4H2,(H,14,15);(H,6,7). The van der Waals surface area contributed by atoms with E-state index < -0.39 is 12.1 Å². The smallest absolute Gasteiger partial charge is 0.475 e. The van der Waals surface area contributed by atoms with Crippen molar-refractivity contribution < 1.29 is 27.9 Å². The molecule has 2 heterocycles. The summed E-state index contributed by atoms with van der Waals surface area (Å²) >= 11 is 1.65. The number of nitrogens with one attached hydrogen (secondary N) is 1. The third kappa shape index (κ3) is 7.96. The van der Waals surface area contributed by atoms with Crippen LogP contribution in [0.3, 0.4) is 0 Å². The van der Waals surface area contributed by atoms with Crippen LogP contribution in [0.1, 0.15) is 12.0 Å². The number of thiophene rings is 1. The average Bonchev–Trinajstić information content (AvgIpc) is 2.99. The number of aryl methyl sites for hydroxylation is 1. The van der Waals surface area contributed by atoms with Crippen molar-refractivity contribution >= 4 is 28.9 Å². The van der Waals surface area contributed by atoms with E-state index in [0.29, 0.717) is 6.42 Å². The highest BCUT2D eigenvalue weighted by molar-refractivity contribution is 7.07. The number of carbonyl (C=O) groups is 2. The first-order valence-electron chi connectivity index (χ1n) is 6.30. The molecule has 0 aliphatic carbocycles. The normalized spacial score (nSPS) is 10.4. The topological polar surface area (TPSA) is 79.3 Å². The molecule has 0 unspecified atom stereocenters. The first-order chi connectivity index (χ1) is 10.8. The van der Waals surface area contributed by atoms with Crippen molar-refractivity contribution in [2.24, 2.45) is 0 Å². The van der Waals surface area contributed by atoms with Crippen molar-refractivity contribution in [2.75, 3.05) is 5.32 Å². The van der Waals surface area contributed by atoms with Crippen LogP contribution >= 0.6 is 11.3 Å². The molecule has 0 bridgehead atoms. The van der Waals surface area contributed by atoms with E-state index in [9.17, 15) is 18.0 Å². The van der Waals surface area contributed by atoms with E-state index in [1.54, 1.807) is 29.8 Å². The lowest BCUT2D eigenvalue weighted by atomic mass is 10.2. The molecule has 2 N–H and O–H groups in total. The van der Waals surface area contributed by atoms with Crippen molar-refractivity contribution in [3.05, 3.63) is 46.9 Å². The fraction of sp³-hybridized carbons (Fsp3) is 0.214. The number of carbonyl (C=O) groups excluding carboxylic acids is 1. The lowest BCUT2D eigenvalue weighted by Gasteiger charge is -2.03. The maximum absolute atomic E-state index is 11.6. The van der Waals surface area contributed by atoms with Crippen LogP contribution in [0.4, 0.5) is 18.9 Å². The molecule has 1 amide bonds. The second-order valence-electron chi connectivity index (χ2n) is 4.22. The summed E-state index contributed by atoms with van der Waals surface area (Å²) in [6.07, 6.45) is -0.468. The Morgan fingerprint density at radius 1 is 1.30 bits per heavy atom. The first-order valence-corrected chi connectivity index (χ1v) is 7.24. The number of anilines is 1. The van der Waals surface area contributed by atoms with Crippen LogP contribution in [-0.2, 0) is 16.0 Å². The minimum Gasteiger partial charge on any atom is -0.475 e. The predicted octanol–water partition coefficient (Wildman–Crippen LogP) is 3.35. The monoisotopic (exact) mass is 346 g/mol. The number of nitrogens with zero attached hydrogens (tertiary/aromatic N) is 1. The van der Waals surface area contributed by atoms with E-state index in [4.69, 9.17) is 9.90 Å². The fourth-order valence-electron chi connectivity index (χ4n) is 1.35. The van der Waals surface area contributed by atoms with E-state index >= 15 is 0 Å². The molecule has 2 aromatic rings. The molecule has 0 aliphatic heterocycles. The van der Waals surface area contributed by atoms with Gasteiger partial charge in [-0.15, -0.1) is 0 Å². The second kappa shape index (κ2) is 8.89. The number of hydrogen-bond donors (Lipinski definition) is 2. The molecule has 9 heteroatoms. The molecule has 0 saturated heterocycles. The van der Waals surface area contributed by atoms with Gasteiger partial charge in [0.15, 0.2) is 0 Å². The van der Waals surface area contributed by atoms with Gasteiger partial charge in [-0.25, -0.2) is 4.79 Å². The van der Waals surface area contributed by atoms with Gasteiger partial charge < -0.3 is 10.4 Å². The molecular formula is C14H13F3N2O3S. The zero-order valence-corrected chi connectivity index (χ0v) is 12.5.